The highest BCUT2D eigenvalue weighted by molar-refractivity contribution is 4.87. The average molecular weight is 211 g/mol. The molecule has 0 radical (unpaired) electrons. The van der Waals surface area contributed by atoms with E-state index in [-0.39, 0.29) is 0 Å². The van der Waals surface area contributed by atoms with Crippen LogP contribution in [-0.2, 0) is 0 Å². The molecule has 0 aromatic heterocycles. The molecule has 0 spiro atoms. The molecule has 1 nitrogen and oxygen atoms in total. The SMILES string of the molecule is CCCC(C)NC1CCC(C)(C)CC1C. The van der Waals surface area contributed by atoms with Gasteiger partial charge in [-0.2, -0.15) is 0 Å². The lowest BCUT2D eigenvalue weighted by Crippen LogP contribution is -2.45. The van der Waals surface area contributed by atoms with Gasteiger partial charge in [-0.3, -0.25) is 0 Å². The van der Waals surface area contributed by atoms with Crippen molar-refractivity contribution >= 4 is 0 Å². The normalized spacial score (nSPS) is 32.6. The molecular weight excluding hydrogens is 182 g/mol. The second kappa shape index (κ2) is 5.34. The van der Waals surface area contributed by atoms with E-state index in [1.807, 2.05) is 0 Å². The molecule has 15 heavy (non-hydrogen) atoms. The van der Waals surface area contributed by atoms with E-state index in [1.54, 1.807) is 0 Å². The third-order valence-electron chi connectivity index (χ3n) is 3.91. The molecule has 1 heteroatoms. The quantitative estimate of drug-likeness (QED) is 0.741. The van der Waals surface area contributed by atoms with Gasteiger partial charge in [0, 0.05) is 12.1 Å². The maximum Gasteiger partial charge on any atom is 0.00955 e. The smallest absolute Gasteiger partial charge is 0.00955 e. The third kappa shape index (κ3) is 4.14. The molecule has 0 aromatic carbocycles. The van der Waals surface area contributed by atoms with Crippen LogP contribution in [0, 0.1) is 11.3 Å². The van der Waals surface area contributed by atoms with E-state index in [4.69, 9.17) is 0 Å². The van der Waals surface area contributed by atoms with Crippen LogP contribution in [-0.4, -0.2) is 12.1 Å². The largest absolute Gasteiger partial charge is 0.311 e. The van der Waals surface area contributed by atoms with E-state index in [2.05, 4.69) is 39.9 Å². The lowest BCUT2D eigenvalue weighted by Gasteiger charge is -2.40. The fraction of sp³-hybridized carbons (Fsp3) is 1.00. The fourth-order valence-corrected chi connectivity index (χ4v) is 3.08. The molecule has 3 unspecified atom stereocenters. The van der Waals surface area contributed by atoms with Crippen LogP contribution in [0.2, 0.25) is 0 Å². The molecular formula is C14H29N. The summed E-state index contributed by atoms with van der Waals surface area (Å²) in [5, 5.41) is 3.81. The Morgan fingerprint density at radius 2 is 2.07 bits per heavy atom. The van der Waals surface area contributed by atoms with Gasteiger partial charge in [0.05, 0.1) is 0 Å². The first kappa shape index (κ1) is 13.0. The van der Waals surface area contributed by atoms with Crippen LogP contribution in [0.3, 0.4) is 0 Å². The predicted octanol–water partition coefficient (Wildman–Crippen LogP) is 3.98. The highest BCUT2D eigenvalue weighted by Gasteiger charge is 2.32. The Labute approximate surface area is 96.0 Å². The van der Waals surface area contributed by atoms with Crippen molar-refractivity contribution in [1.82, 2.24) is 5.32 Å². The summed E-state index contributed by atoms with van der Waals surface area (Å²) in [6.07, 6.45) is 6.73. The zero-order valence-corrected chi connectivity index (χ0v) is 11.3. The predicted molar refractivity (Wildman–Crippen MR) is 68.1 cm³/mol. The molecule has 0 heterocycles. The Bertz CT molecular complexity index is 186. The minimum atomic E-state index is 0.575. The second-order valence-corrected chi connectivity index (χ2v) is 6.35. The van der Waals surface area contributed by atoms with Crippen LogP contribution < -0.4 is 5.32 Å². The lowest BCUT2D eigenvalue weighted by atomic mass is 9.70. The zero-order valence-electron chi connectivity index (χ0n) is 11.3. The van der Waals surface area contributed by atoms with E-state index >= 15 is 0 Å². The summed E-state index contributed by atoms with van der Waals surface area (Å²) in [7, 11) is 0. The summed E-state index contributed by atoms with van der Waals surface area (Å²) in [6, 6.07) is 1.46. The minimum absolute atomic E-state index is 0.575. The fourth-order valence-electron chi connectivity index (χ4n) is 3.08. The van der Waals surface area contributed by atoms with Crippen molar-refractivity contribution in [3.05, 3.63) is 0 Å². The second-order valence-electron chi connectivity index (χ2n) is 6.35. The monoisotopic (exact) mass is 211 g/mol. The van der Waals surface area contributed by atoms with Gasteiger partial charge in [-0.05, 0) is 43.9 Å². The highest BCUT2D eigenvalue weighted by Crippen LogP contribution is 2.38. The summed E-state index contributed by atoms with van der Waals surface area (Å²) in [5.41, 5.74) is 0.575. The van der Waals surface area contributed by atoms with Gasteiger partial charge in [-0.1, -0.05) is 34.1 Å². The van der Waals surface area contributed by atoms with Crippen LogP contribution in [0.1, 0.15) is 66.7 Å². The van der Waals surface area contributed by atoms with Gasteiger partial charge in [0.2, 0.25) is 0 Å². The molecule has 1 fully saturated rings. The number of rotatable bonds is 4. The molecule has 1 rings (SSSR count). The maximum atomic E-state index is 3.81. The number of nitrogens with one attached hydrogen (secondary N) is 1. The van der Waals surface area contributed by atoms with Gasteiger partial charge in [0.25, 0.3) is 0 Å². The topological polar surface area (TPSA) is 12.0 Å². The van der Waals surface area contributed by atoms with Gasteiger partial charge in [-0.25, -0.2) is 0 Å². The first-order chi connectivity index (χ1) is 6.94. The van der Waals surface area contributed by atoms with Crippen molar-refractivity contribution < 1.29 is 0 Å². The van der Waals surface area contributed by atoms with Gasteiger partial charge in [0.1, 0.15) is 0 Å². The molecule has 0 saturated heterocycles. The lowest BCUT2D eigenvalue weighted by molar-refractivity contribution is 0.141. The van der Waals surface area contributed by atoms with Crippen LogP contribution >= 0.6 is 0 Å². The van der Waals surface area contributed by atoms with Gasteiger partial charge in [0.15, 0.2) is 0 Å². The number of hydrogen-bond donors (Lipinski definition) is 1. The Hall–Kier alpha value is -0.0400. The highest BCUT2D eigenvalue weighted by atomic mass is 15.0. The molecule has 1 aliphatic rings. The van der Waals surface area contributed by atoms with Crippen molar-refractivity contribution in [2.24, 2.45) is 11.3 Å². The van der Waals surface area contributed by atoms with E-state index in [1.165, 1.54) is 32.1 Å². The van der Waals surface area contributed by atoms with E-state index in [0.717, 1.165) is 12.0 Å². The van der Waals surface area contributed by atoms with Gasteiger partial charge < -0.3 is 5.32 Å². The Morgan fingerprint density at radius 1 is 1.40 bits per heavy atom. The van der Waals surface area contributed by atoms with E-state index in [9.17, 15) is 0 Å². The van der Waals surface area contributed by atoms with E-state index < -0.39 is 0 Å². The van der Waals surface area contributed by atoms with Crippen molar-refractivity contribution in [3.8, 4) is 0 Å². The van der Waals surface area contributed by atoms with Crippen LogP contribution in [0.4, 0.5) is 0 Å². The number of hydrogen-bond acceptors (Lipinski definition) is 1. The molecule has 0 aromatic rings. The Balaban J connectivity index is 2.38. The molecule has 0 amide bonds. The molecule has 90 valence electrons. The first-order valence-corrected chi connectivity index (χ1v) is 6.70. The maximum absolute atomic E-state index is 3.81. The van der Waals surface area contributed by atoms with Gasteiger partial charge in [-0.15, -0.1) is 0 Å². The molecule has 0 bridgehead atoms. The van der Waals surface area contributed by atoms with Crippen molar-refractivity contribution in [3.63, 3.8) is 0 Å². The van der Waals surface area contributed by atoms with Crippen molar-refractivity contribution in [1.29, 1.82) is 0 Å². The third-order valence-corrected chi connectivity index (χ3v) is 3.91. The Kier molecular flexibility index (Phi) is 4.64. The molecule has 1 saturated carbocycles. The van der Waals surface area contributed by atoms with E-state index in [0.29, 0.717) is 11.5 Å². The van der Waals surface area contributed by atoms with Crippen LogP contribution in [0.25, 0.3) is 0 Å². The zero-order chi connectivity index (χ0) is 11.5. The average Bonchev–Trinajstić information content (AvgIpc) is 2.10. The molecule has 1 aliphatic carbocycles. The van der Waals surface area contributed by atoms with Crippen LogP contribution in [0.5, 0.6) is 0 Å². The standard InChI is InChI=1S/C14H29N/c1-6-7-12(3)15-13-8-9-14(4,5)10-11(13)2/h11-13,15H,6-10H2,1-5H3. The van der Waals surface area contributed by atoms with Crippen molar-refractivity contribution in [2.75, 3.05) is 0 Å². The summed E-state index contributed by atoms with van der Waals surface area (Å²) in [4.78, 5) is 0. The minimum Gasteiger partial charge on any atom is -0.311 e. The summed E-state index contributed by atoms with van der Waals surface area (Å²) < 4.78 is 0. The van der Waals surface area contributed by atoms with Crippen molar-refractivity contribution in [2.45, 2.75) is 78.8 Å². The Morgan fingerprint density at radius 3 is 2.60 bits per heavy atom. The summed E-state index contributed by atoms with van der Waals surface area (Å²) >= 11 is 0. The van der Waals surface area contributed by atoms with Gasteiger partial charge >= 0.3 is 0 Å². The summed E-state index contributed by atoms with van der Waals surface area (Å²) in [5.74, 6) is 0.841. The first-order valence-electron chi connectivity index (χ1n) is 6.70. The molecule has 1 N–H and O–H groups in total. The summed E-state index contributed by atoms with van der Waals surface area (Å²) in [6.45, 7) is 11.8. The van der Waals surface area contributed by atoms with Crippen LogP contribution in [0.15, 0.2) is 0 Å². The molecule has 0 aliphatic heterocycles. The molecule has 3 atom stereocenters.